The van der Waals surface area contributed by atoms with Crippen molar-refractivity contribution in [3.8, 4) is 0 Å². The predicted molar refractivity (Wildman–Crippen MR) is 127 cm³/mol. The van der Waals surface area contributed by atoms with E-state index in [1.807, 2.05) is 0 Å². The van der Waals surface area contributed by atoms with Gasteiger partial charge in [-0.15, -0.1) is 0 Å². The molecule has 0 fully saturated rings. The van der Waals surface area contributed by atoms with Crippen LogP contribution in [0.25, 0.3) is 0 Å². The molecule has 0 aliphatic heterocycles. The van der Waals surface area contributed by atoms with Gasteiger partial charge in [0.15, 0.2) is 5.11 Å². The van der Waals surface area contributed by atoms with E-state index in [4.69, 9.17) is 29.0 Å². The first kappa shape index (κ1) is 24.9. The van der Waals surface area contributed by atoms with E-state index < -0.39 is 21.3 Å². The lowest BCUT2D eigenvalue weighted by molar-refractivity contribution is -0.128. The van der Waals surface area contributed by atoms with Crippen LogP contribution in [0.15, 0.2) is 53.4 Å². The number of carbonyl (C=O) groups excluding carboxylic acids is 2. The molecule has 0 heterocycles. The van der Waals surface area contributed by atoms with Crippen LogP contribution >= 0.6 is 36.4 Å². The summed E-state index contributed by atoms with van der Waals surface area (Å²) in [6.07, 6.45) is -0.430. The Morgan fingerprint density at radius 1 is 1.10 bits per heavy atom. The molecule has 13 heteroatoms. The lowest BCUT2D eigenvalue weighted by atomic mass is 10.2. The van der Waals surface area contributed by atoms with Crippen molar-refractivity contribution in [1.29, 1.82) is 0 Å². The Bertz CT molecular complexity index is 1060. The van der Waals surface area contributed by atoms with Gasteiger partial charge >= 0.3 is 0 Å². The average molecular weight is 502 g/mol. The zero-order valence-electron chi connectivity index (χ0n) is 16.0. The van der Waals surface area contributed by atoms with E-state index in [1.54, 1.807) is 24.3 Å². The summed E-state index contributed by atoms with van der Waals surface area (Å²) >= 11 is 15.3. The summed E-state index contributed by atoms with van der Waals surface area (Å²) in [5.41, 5.74) is 5.92. The Hall–Kier alpha value is -2.38. The Morgan fingerprint density at radius 3 is 2.35 bits per heavy atom. The standard InChI is InChI=1S/C18H20ClN5O4S3/c19-14-3-1-2-4-15(14)22-18(30)24-23-16(26)9-12(25)10-17(29)21-11-5-7-13(8-6-11)31(20,27)28/h1-8,17,21,29H,9-10H2,(H,23,26)(H2,20,27,28)(H2,22,24,30). The first-order chi connectivity index (χ1) is 14.5. The van der Waals surface area contributed by atoms with E-state index in [0.29, 0.717) is 16.4 Å². The van der Waals surface area contributed by atoms with Crippen LogP contribution in [0.3, 0.4) is 0 Å². The van der Waals surface area contributed by atoms with Gasteiger partial charge in [0.1, 0.15) is 5.78 Å². The number of nitrogens with one attached hydrogen (secondary N) is 4. The molecule has 0 bridgehead atoms. The lowest BCUT2D eigenvalue weighted by Gasteiger charge is -2.15. The quantitative estimate of drug-likeness (QED) is 0.106. The number of amides is 1. The molecule has 0 saturated carbocycles. The number of Topliss-reactive ketones (excluding diaryl/α,β-unsaturated/α-hetero) is 1. The molecule has 1 unspecified atom stereocenters. The summed E-state index contributed by atoms with van der Waals surface area (Å²) in [7, 11) is -3.78. The van der Waals surface area contributed by atoms with Crippen molar-refractivity contribution in [3.63, 3.8) is 0 Å². The van der Waals surface area contributed by atoms with Crippen molar-refractivity contribution in [2.75, 3.05) is 10.6 Å². The number of nitrogens with two attached hydrogens (primary N) is 1. The van der Waals surface area contributed by atoms with Crippen LogP contribution in [0.5, 0.6) is 0 Å². The third kappa shape index (κ3) is 8.71. The van der Waals surface area contributed by atoms with E-state index in [-0.39, 0.29) is 28.6 Å². The van der Waals surface area contributed by atoms with Crippen molar-refractivity contribution >= 4 is 74.6 Å². The van der Waals surface area contributed by atoms with Gasteiger partial charge in [0.2, 0.25) is 15.9 Å². The number of hydrogen-bond donors (Lipinski definition) is 6. The number of sulfonamides is 1. The maximum Gasteiger partial charge on any atom is 0.245 e. The van der Waals surface area contributed by atoms with Gasteiger partial charge in [-0.05, 0) is 48.6 Å². The Balaban J connectivity index is 1.74. The largest absolute Gasteiger partial charge is 0.373 e. The molecule has 2 rings (SSSR count). The molecule has 1 amide bonds. The number of rotatable bonds is 8. The summed E-state index contributed by atoms with van der Waals surface area (Å²) in [5, 5.41) is 10.8. The van der Waals surface area contributed by atoms with Crippen molar-refractivity contribution in [2.24, 2.45) is 5.14 Å². The molecule has 166 valence electrons. The second kappa shape index (κ2) is 11.3. The molecule has 31 heavy (non-hydrogen) atoms. The minimum atomic E-state index is -3.78. The van der Waals surface area contributed by atoms with E-state index in [2.05, 4.69) is 34.1 Å². The molecular weight excluding hydrogens is 482 g/mol. The van der Waals surface area contributed by atoms with Crippen LogP contribution in [-0.2, 0) is 19.6 Å². The number of carbonyl (C=O) groups is 2. The molecule has 0 aliphatic carbocycles. The van der Waals surface area contributed by atoms with Crippen LogP contribution in [0, 0.1) is 0 Å². The molecule has 0 saturated heterocycles. The van der Waals surface area contributed by atoms with Gasteiger partial charge in [-0.2, -0.15) is 12.6 Å². The first-order valence-corrected chi connectivity index (χ1v) is 11.6. The lowest BCUT2D eigenvalue weighted by Crippen LogP contribution is -2.44. The molecule has 0 aliphatic rings. The highest BCUT2D eigenvalue weighted by atomic mass is 35.5. The van der Waals surface area contributed by atoms with E-state index >= 15 is 0 Å². The normalized spacial score (nSPS) is 11.8. The number of para-hydroxylation sites is 1. The molecule has 6 N–H and O–H groups in total. The highest BCUT2D eigenvalue weighted by molar-refractivity contribution is 7.89. The minimum Gasteiger partial charge on any atom is -0.373 e. The fraction of sp³-hybridized carbons (Fsp3) is 0.167. The summed E-state index contributed by atoms with van der Waals surface area (Å²) in [5.74, 6) is -0.940. The van der Waals surface area contributed by atoms with Gasteiger partial charge in [0, 0.05) is 12.1 Å². The number of halogens is 1. The second-order valence-electron chi connectivity index (χ2n) is 6.26. The van der Waals surface area contributed by atoms with Crippen molar-refractivity contribution in [3.05, 3.63) is 53.6 Å². The summed E-state index contributed by atoms with van der Waals surface area (Å²) in [4.78, 5) is 24.0. The summed E-state index contributed by atoms with van der Waals surface area (Å²) in [6, 6.07) is 12.6. The SMILES string of the molecule is NS(=O)(=O)c1ccc(NC(S)CC(=O)CC(=O)NNC(=S)Nc2ccccc2Cl)cc1. The number of thiol groups is 1. The minimum absolute atomic E-state index is 0.0315. The second-order valence-corrected chi connectivity index (χ2v) is 9.26. The molecule has 0 aromatic heterocycles. The van der Waals surface area contributed by atoms with E-state index in [0.717, 1.165) is 0 Å². The zero-order chi connectivity index (χ0) is 23.0. The number of hydrogen-bond acceptors (Lipinski definition) is 7. The van der Waals surface area contributed by atoms with Crippen molar-refractivity contribution < 1.29 is 18.0 Å². The first-order valence-electron chi connectivity index (χ1n) is 8.74. The third-order valence-electron chi connectivity index (χ3n) is 3.73. The van der Waals surface area contributed by atoms with Gasteiger partial charge in [-0.3, -0.25) is 20.4 Å². The number of primary sulfonamides is 1. The number of ketones is 1. The van der Waals surface area contributed by atoms with Gasteiger partial charge in [-0.1, -0.05) is 23.7 Å². The number of hydrazine groups is 1. The Morgan fingerprint density at radius 2 is 1.74 bits per heavy atom. The summed E-state index contributed by atoms with van der Waals surface area (Å²) < 4.78 is 22.5. The molecule has 0 radical (unpaired) electrons. The van der Waals surface area contributed by atoms with Crippen LogP contribution in [0.1, 0.15) is 12.8 Å². The average Bonchev–Trinajstić information content (AvgIpc) is 2.67. The third-order valence-corrected chi connectivity index (χ3v) is 5.51. The van der Waals surface area contributed by atoms with Crippen LogP contribution in [0.4, 0.5) is 11.4 Å². The molecule has 9 nitrogen and oxygen atoms in total. The molecular formula is C18H20ClN5O4S3. The summed E-state index contributed by atoms with van der Waals surface area (Å²) in [6.45, 7) is 0. The van der Waals surface area contributed by atoms with Gasteiger partial charge in [0.05, 0.1) is 27.4 Å². The van der Waals surface area contributed by atoms with Crippen LogP contribution in [0.2, 0.25) is 5.02 Å². The molecule has 0 spiro atoms. The van der Waals surface area contributed by atoms with Crippen molar-refractivity contribution in [2.45, 2.75) is 23.1 Å². The Labute approximate surface area is 195 Å². The fourth-order valence-electron chi connectivity index (χ4n) is 2.34. The van der Waals surface area contributed by atoms with Crippen LogP contribution in [-0.4, -0.2) is 30.6 Å². The Kier molecular flexibility index (Phi) is 9.07. The van der Waals surface area contributed by atoms with Crippen molar-refractivity contribution in [1.82, 2.24) is 10.9 Å². The topological polar surface area (TPSA) is 142 Å². The highest BCUT2D eigenvalue weighted by Gasteiger charge is 2.15. The number of benzene rings is 2. The number of thiocarbonyl (C=S) groups is 1. The van der Waals surface area contributed by atoms with E-state index in [1.165, 1.54) is 24.3 Å². The fourth-order valence-corrected chi connectivity index (χ4v) is 3.55. The molecule has 2 aromatic carbocycles. The highest BCUT2D eigenvalue weighted by Crippen LogP contribution is 2.20. The monoisotopic (exact) mass is 501 g/mol. The van der Waals surface area contributed by atoms with Crippen LogP contribution < -0.4 is 26.6 Å². The molecule has 2 aromatic rings. The number of anilines is 2. The maximum absolute atomic E-state index is 12.1. The molecule has 1 atom stereocenters. The smallest absolute Gasteiger partial charge is 0.245 e. The van der Waals surface area contributed by atoms with Gasteiger partial charge in [-0.25, -0.2) is 13.6 Å². The zero-order valence-corrected chi connectivity index (χ0v) is 19.2. The van der Waals surface area contributed by atoms with Gasteiger partial charge in [0.25, 0.3) is 0 Å². The predicted octanol–water partition coefficient (Wildman–Crippen LogP) is 2.02. The maximum atomic E-state index is 12.1. The van der Waals surface area contributed by atoms with Gasteiger partial charge < -0.3 is 10.6 Å². The van der Waals surface area contributed by atoms with E-state index in [9.17, 15) is 18.0 Å².